The van der Waals surface area contributed by atoms with Gasteiger partial charge in [0.2, 0.25) is 0 Å². The summed E-state index contributed by atoms with van der Waals surface area (Å²) in [5.74, 6) is 1.01. The highest BCUT2D eigenvalue weighted by Gasteiger charge is 2.60. The van der Waals surface area contributed by atoms with Gasteiger partial charge in [0.05, 0.1) is 5.41 Å². The summed E-state index contributed by atoms with van der Waals surface area (Å²) in [5.41, 5.74) is -0.346. The molecule has 0 radical (unpaired) electrons. The van der Waals surface area contributed by atoms with E-state index < -0.39 is 6.10 Å². The van der Waals surface area contributed by atoms with Crippen molar-refractivity contribution in [1.82, 2.24) is 5.32 Å². The smallest absolute Gasteiger partial charge is 0.312 e. The first-order valence-electron chi connectivity index (χ1n) is 8.58. The van der Waals surface area contributed by atoms with Crippen molar-refractivity contribution in [3.63, 3.8) is 0 Å². The lowest BCUT2D eigenvalue weighted by Crippen LogP contribution is -2.56. The number of ether oxygens (including phenoxy) is 1. The van der Waals surface area contributed by atoms with Crippen LogP contribution in [0.15, 0.2) is 0 Å². The SMILES string of the molecule is C[C@H](OC(=O)C12C[C@@H]3C[C@@H](CC(Br)(C3)C1)C2)C(=O)NC1CC1. The summed E-state index contributed by atoms with van der Waals surface area (Å²) in [6, 6.07) is 0.305. The molecule has 122 valence electrons. The first kappa shape index (κ1) is 15.0. The van der Waals surface area contributed by atoms with Gasteiger partial charge >= 0.3 is 5.97 Å². The van der Waals surface area contributed by atoms with Crippen molar-refractivity contribution in [3.8, 4) is 0 Å². The average Bonchev–Trinajstić information content (AvgIpc) is 3.19. The van der Waals surface area contributed by atoms with Crippen LogP contribution < -0.4 is 5.32 Å². The van der Waals surface area contributed by atoms with E-state index >= 15 is 0 Å². The minimum atomic E-state index is -0.674. The van der Waals surface area contributed by atoms with Gasteiger partial charge in [-0.3, -0.25) is 9.59 Å². The van der Waals surface area contributed by atoms with Crippen molar-refractivity contribution in [2.45, 2.75) is 74.8 Å². The molecule has 5 atom stereocenters. The number of hydrogen-bond acceptors (Lipinski definition) is 3. The lowest BCUT2D eigenvalue weighted by atomic mass is 9.49. The molecule has 5 heteroatoms. The van der Waals surface area contributed by atoms with Crippen LogP contribution in [0.3, 0.4) is 0 Å². The Labute approximate surface area is 139 Å². The van der Waals surface area contributed by atoms with Crippen LogP contribution in [-0.4, -0.2) is 28.3 Å². The number of esters is 1. The number of halogens is 1. The zero-order valence-corrected chi connectivity index (χ0v) is 14.7. The molecule has 0 aromatic rings. The van der Waals surface area contributed by atoms with Crippen LogP contribution >= 0.6 is 15.9 Å². The average molecular weight is 370 g/mol. The predicted molar refractivity (Wildman–Crippen MR) is 85.5 cm³/mol. The molecule has 1 amide bonds. The summed E-state index contributed by atoms with van der Waals surface area (Å²) in [4.78, 5) is 24.9. The first-order valence-corrected chi connectivity index (χ1v) is 9.37. The number of amides is 1. The van der Waals surface area contributed by atoms with Crippen molar-refractivity contribution < 1.29 is 14.3 Å². The Morgan fingerprint density at radius 1 is 1.18 bits per heavy atom. The predicted octanol–water partition coefficient (Wildman–Crippen LogP) is 2.93. The van der Waals surface area contributed by atoms with E-state index in [0.29, 0.717) is 17.9 Å². The summed E-state index contributed by atoms with van der Waals surface area (Å²) < 4.78 is 5.73. The Morgan fingerprint density at radius 2 is 1.82 bits per heavy atom. The van der Waals surface area contributed by atoms with Crippen LogP contribution in [0.25, 0.3) is 0 Å². The lowest BCUT2D eigenvalue weighted by Gasteiger charge is -2.58. The molecule has 22 heavy (non-hydrogen) atoms. The minimum Gasteiger partial charge on any atom is -0.452 e. The number of hydrogen-bond donors (Lipinski definition) is 1. The molecule has 0 saturated heterocycles. The van der Waals surface area contributed by atoms with E-state index in [4.69, 9.17) is 4.74 Å². The number of carbonyl (C=O) groups is 2. The maximum absolute atomic E-state index is 12.8. The van der Waals surface area contributed by atoms with Gasteiger partial charge in [-0.2, -0.15) is 0 Å². The van der Waals surface area contributed by atoms with Crippen LogP contribution in [0, 0.1) is 17.3 Å². The molecular weight excluding hydrogens is 346 g/mol. The quantitative estimate of drug-likeness (QED) is 0.612. The molecule has 5 saturated carbocycles. The van der Waals surface area contributed by atoms with Crippen molar-refractivity contribution in [2.24, 2.45) is 17.3 Å². The fourth-order valence-corrected chi connectivity index (χ4v) is 6.73. The molecule has 0 aliphatic heterocycles. The van der Waals surface area contributed by atoms with Gasteiger partial charge in [-0.05, 0) is 70.1 Å². The number of alkyl halides is 1. The summed E-state index contributed by atoms with van der Waals surface area (Å²) in [6.07, 6.45) is 7.85. The van der Waals surface area contributed by atoms with Gasteiger partial charge in [0.1, 0.15) is 0 Å². The van der Waals surface area contributed by atoms with E-state index in [2.05, 4.69) is 21.2 Å². The van der Waals surface area contributed by atoms with Crippen LogP contribution in [-0.2, 0) is 14.3 Å². The van der Waals surface area contributed by atoms with Gasteiger partial charge in [-0.15, -0.1) is 0 Å². The molecule has 1 N–H and O–H groups in total. The third-order valence-corrected chi connectivity index (χ3v) is 6.93. The van der Waals surface area contributed by atoms with Gasteiger partial charge < -0.3 is 10.1 Å². The highest BCUT2D eigenvalue weighted by Crippen LogP contribution is 2.64. The molecule has 2 unspecified atom stereocenters. The Morgan fingerprint density at radius 3 is 2.36 bits per heavy atom. The monoisotopic (exact) mass is 369 g/mol. The minimum absolute atomic E-state index is 0.135. The van der Waals surface area contributed by atoms with Gasteiger partial charge in [-0.1, -0.05) is 15.9 Å². The lowest BCUT2D eigenvalue weighted by molar-refractivity contribution is -0.176. The van der Waals surface area contributed by atoms with Crippen molar-refractivity contribution in [2.75, 3.05) is 0 Å². The Kier molecular flexibility index (Phi) is 3.37. The normalized spacial score (nSPS) is 43.7. The Balaban J connectivity index is 1.44. The summed E-state index contributed by atoms with van der Waals surface area (Å²) in [5, 5.41) is 2.91. The third kappa shape index (κ3) is 2.59. The van der Waals surface area contributed by atoms with Crippen LogP contribution in [0.1, 0.15) is 58.3 Å². The molecule has 5 fully saturated rings. The largest absolute Gasteiger partial charge is 0.452 e. The summed E-state index contributed by atoms with van der Waals surface area (Å²) in [6.45, 7) is 1.69. The molecule has 4 bridgehead atoms. The fraction of sp³-hybridized carbons (Fsp3) is 0.882. The molecule has 0 heterocycles. The van der Waals surface area contributed by atoms with Gasteiger partial charge in [0, 0.05) is 10.4 Å². The molecule has 5 rings (SSSR count). The van der Waals surface area contributed by atoms with E-state index in [1.54, 1.807) is 6.92 Å². The van der Waals surface area contributed by atoms with E-state index in [9.17, 15) is 9.59 Å². The molecular formula is C17H24BrNO3. The number of carbonyl (C=O) groups excluding carboxylic acids is 2. The molecule has 5 aliphatic rings. The second kappa shape index (κ2) is 4.96. The maximum Gasteiger partial charge on any atom is 0.312 e. The highest BCUT2D eigenvalue weighted by molar-refractivity contribution is 9.10. The molecule has 5 aliphatic carbocycles. The number of rotatable bonds is 4. The van der Waals surface area contributed by atoms with Gasteiger partial charge in [-0.25, -0.2) is 0 Å². The van der Waals surface area contributed by atoms with Gasteiger partial charge in [0.25, 0.3) is 5.91 Å². The van der Waals surface area contributed by atoms with Crippen molar-refractivity contribution >= 4 is 27.8 Å². The van der Waals surface area contributed by atoms with Crippen LogP contribution in [0.4, 0.5) is 0 Å². The van der Waals surface area contributed by atoms with Crippen LogP contribution in [0.5, 0.6) is 0 Å². The third-order valence-electron chi connectivity index (χ3n) is 6.00. The fourth-order valence-electron chi connectivity index (χ4n) is 5.27. The summed E-state index contributed by atoms with van der Waals surface area (Å²) in [7, 11) is 0. The zero-order chi connectivity index (χ0) is 15.5. The second-order valence-electron chi connectivity index (χ2n) is 8.22. The molecule has 0 spiro atoms. The van der Waals surface area contributed by atoms with E-state index in [-0.39, 0.29) is 21.6 Å². The number of nitrogens with one attached hydrogen (secondary N) is 1. The maximum atomic E-state index is 12.8. The molecule has 0 aromatic heterocycles. The van der Waals surface area contributed by atoms with Crippen LogP contribution in [0.2, 0.25) is 0 Å². The van der Waals surface area contributed by atoms with E-state index in [1.165, 1.54) is 19.3 Å². The molecule has 4 nitrogen and oxygen atoms in total. The van der Waals surface area contributed by atoms with E-state index in [1.807, 2.05) is 0 Å². The standard InChI is InChI=1S/C17H24BrNO3/c1-10(14(20)19-13-2-3-13)22-15(21)16-5-11-4-12(6-16)8-17(18,7-11)9-16/h10-13H,2-9H2,1H3,(H,19,20)/t10-,11-,12+,16?,17?/m0/s1. The highest BCUT2D eigenvalue weighted by atomic mass is 79.9. The summed E-state index contributed by atoms with van der Waals surface area (Å²) >= 11 is 3.91. The topological polar surface area (TPSA) is 55.4 Å². The van der Waals surface area contributed by atoms with E-state index in [0.717, 1.165) is 32.1 Å². The Hall–Kier alpha value is -0.580. The second-order valence-corrected chi connectivity index (χ2v) is 9.90. The zero-order valence-electron chi connectivity index (χ0n) is 13.1. The molecule has 0 aromatic carbocycles. The van der Waals surface area contributed by atoms with Gasteiger partial charge in [0.15, 0.2) is 6.10 Å². The Bertz CT molecular complexity index is 502. The van der Waals surface area contributed by atoms with Crippen molar-refractivity contribution in [1.29, 1.82) is 0 Å². The van der Waals surface area contributed by atoms with Crippen molar-refractivity contribution in [3.05, 3.63) is 0 Å². The first-order chi connectivity index (χ1) is 10.4.